The summed E-state index contributed by atoms with van der Waals surface area (Å²) in [4.78, 5) is 25.3. The number of benzene rings is 4. The SMILES string of the molecule is O=C(COC(=O)c1c2ccccc2cc2ccccc12)Nc1ccc2c(c1)OCO2. The maximum atomic E-state index is 12.9. The van der Waals surface area contributed by atoms with Crippen LogP contribution in [0.4, 0.5) is 5.69 Å². The van der Waals surface area contributed by atoms with E-state index in [0.29, 0.717) is 22.7 Å². The van der Waals surface area contributed by atoms with Crippen molar-refractivity contribution in [3.8, 4) is 11.5 Å². The third-order valence-corrected chi connectivity index (χ3v) is 4.97. The van der Waals surface area contributed by atoms with Crippen molar-refractivity contribution in [1.82, 2.24) is 0 Å². The molecule has 0 saturated heterocycles. The van der Waals surface area contributed by atoms with E-state index in [1.54, 1.807) is 18.2 Å². The number of carbonyl (C=O) groups excluding carboxylic acids is 2. The molecule has 0 spiro atoms. The second-order valence-corrected chi connectivity index (χ2v) is 6.89. The van der Waals surface area contributed by atoms with E-state index < -0.39 is 18.5 Å². The summed E-state index contributed by atoms with van der Waals surface area (Å²) in [5.41, 5.74) is 0.996. The predicted molar refractivity (Wildman–Crippen MR) is 113 cm³/mol. The highest BCUT2D eigenvalue weighted by molar-refractivity contribution is 6.16. The zero-order valence-electron chi connectivity index (χ0n) is 15.9. The van der Waals surface area contributed by atoms with E-state index in [9.17, 15) is 9.59 Å². The molecule has 1 aliphatic rings. The van der Waals surface area contributed by atoms with Crippen molar-refractivity contribution in [3.05, 3.63) is 78.4 Å². The quantitative estimate of drug-likeness (QED) is 0.404. The average molecular weight is 399 g/mol. The molecule has 0 fully saturated rings. The van der Waals surface area contributed by atoms with Gasteiger partial charge in [0.2, 0.25) is 6.79 Å². The van der Waals surface area contributed by atoms with Gasteiger partial charge in [-0.05, 0) is 39.7 Å². The minimum atomic E-state index is -0.538. The first-order chi connectivity index (χ1) is 14.7. The molecule has 1 heterocycles. The summed E-state index contributed by atoms with van der Waals surface area (Å²) in [7, 11) is 0. The molecule has 30 heavy (non-hydrogen) atoms. The molecule has 148 valence electrons. The van der Waals surface area contributed by atoms with Gasteiger partial charge in [0.15, 0.2) is 18.1 Å². The van der Waals surface area contributed by atoms with Gasteiger partial charge in [-0.2, -0.15) is 0 Å². The number of rotatable bonds is 4. The zero-order valence-corrected chi connectivity index (χ0v) is 15.9. The molecule has 4 aromatic carbocycles. The van der Waals surface area contributed by atoms with Gasteiger partial charge >= 0.3 is 5.97 Å². The van der Waals surface area contributed by atoms with Crippen LogP contribution in [0.15, 0.2) is 72.8 Å². The normalized spacial score (nSPS) is 12.1. The Labute approximate surface area is 172 Å². The minimum absolute atomic E-state index is 0.156. The van der Waals surface area contributed by atoms with Gasteiger partial charge in [-0.15, -0.1) is 0 Å². The molecule has 6 heteroatoms. The number of nitrogens with one attached hydrogen (secondary N) is 1. The second kappa shape index (κ2) is 7.40. The molecule has 5 rings (SSSR count). The number of amides is 1. The Balaban J connectivity index is 1.36. The Kier molecular flexibility index (Phi) is 4.44. The molecule has 0 aromatic heterocycles. The van der Waals surface area contributed by atoms with Crippen LogP contribution in [-0.4, -0.2) is 25.3 Å². The summed E-state index contributed by atoms with van der Waals surface area (Å²) < 4.78 is 15.9. The Morgan fingerprint density at radius 2 is 1.50 bits per heavy atom. The van der Waals surface area contributed by atoms with E-state index in [4.69, 9.17) is 14.2 Å². The maximum absolute atomic E-state index is 12.9. The summed E-state index contributed by atoms with van der Waals surface area (Å²) in [6.45, 7) is -0.242. The first-order valence-electron chi connectivity index (χ1n) is 9.46. The maximum Gasteiger partial charge on any atom is 0.339 e. The van der Waals surface area contributed by atoms with Gasteiger partial charge in [-0.3, -0.25) is 4.79 Å². The Hall–Kier alpha value is -4.06. The summed E-state index contributed by atoms with van der Waals surface area (Å²) >= 11 is 0. The molecule has 0 aliphatic carbocycles. The van der Waals surface area contributed by atoms with E-state index in [1.165, 1.54) is 0 Å². The number of ether oxygens (including phenoxy) is 3. The standard InChI is InChI=1S/C24H17NO5/c26-22(25-17-9-10-20-21(12-17)30-14-29-20)13-28-24(27)23-18-7-3-1-5-15(18)11-16-6-2-4-8-19(16)23/h1-12H,13-14H2,(H,25,26). The van der Waals surface area contributed by atoms with Crippen LogP contribution in [0.1, 0.15) is 10.4 Å². The molecule has 1 amide bonds. The molecular weight excluding hydrogens is 382 g/mol. The Bertz CT molecular complexity index is 1240. The van der Waals surface area contributed by atoms with Crippen molar-refractivity contribution in [2.75, 3.05) is 18.7 Å². The van der Waals surface area contributed by atoms with Crippen LogP contribution in [-0.2, 0) is 9.53 Å². The van der Waals surface area contributed by atoms with Gasteiger partial charge < -0.3 is 19.5 Å². The smallest absolute Gasteiger partial charge is 0.339 e. The largest absolute Gasteiger partial charge is 0.454 e. The fourth-order valence-corrected chi connectivity index (χ4v) is 3.61. The van der Waals surface area contributed by atoms with Gasteiger partial charge in [0.05, 0.1) is 5.56 Å². The molecule has 0 atom stereocenters. The van der Waals surface area contributed by atoms with E-state index in [2.05, 4.69) is 5.32 Å². The molecule has 4 aromatic rings. The van der Waals surface area contributed by atoms with Crippen LogP contribution in [0, 0.1) is 0 Å². The summed E-state index contributed by atoms with van der Waals surface area (Å²) in [5.74, 6) is 0.213. The minimum Gasteiger partial charge on any atom is -0.454 e. The van der Waals surface area contributed by atoms with Crippen molar-refractivity contribution in [2.45, 2.75) is 0 Å². The fourth-order valence-electron chi connectivity index (χ4n) is 3.61. The lowest BCUT2D eigenvalue weighted by molar-refractivity contribution is -0.119. The number of fused-ring (bicyclic) bond motifs is 3. The third kappa shape index (κ3) is 3.28. The number of esters is 1. The highest BCUT2D eigenvalue weighted by Crippen LogP contribution is 2.34. The van der Waals surface area contributed by atoms with Gasteiger partial charge in [0, 0.05) is 11.8 Å². The number of anilines is 1. The molecule has 0 bridgehead atoms. The van der Waals surface area contributed by atoms with Crippen LogP contribution in [0.25, 0.3) is 21.5 Å². The highest BCUT2D eigenvalue weighted by Gasteiger charge is 2.18. The van der Waals surface area contributed by atoms with Gasteiger partial charge in [0.25, 0.3) is 5.91 Å². The van der Waals surface area contributed by atoms with Crippen LogP contribution >= 0.6 is 0 Å². The monoisotopic (exact) mass is 399 g/mol. The van der Waals surface area contributed by atoms with Gasteiger partial charge in [-0.25, -0.2) is 4.79 Å². The molecule has 0 saturated carbocycles. The Morgan fingerprint density at radius 3 is 2.23 bits per heavy atom. The predicted octanol–water partition coefficient (Wildman–Crippen LogP) is 4.52. The van der Waals surface area contributed by atoms with Crippen LogP contribution < -0.4 is 14.8 Å². The summed E-state index contributed by atoms with van der Waals surface area (Å²) in [5, 5.41) is 6.16. The lowest BCUT2D eigenvalue weighted by Crippen LogP contribution is -2.21. The van der Waals surface area contributed by atoms with E-state index in [0.717, 1.165) is 21.5 Å². The first kappa shape index (κ1) is 18.0. The van der Waals surface area contributed by atoms with Crippen molar-refractivity contribution < 1.29 is 23.8 Å². The summed E-state index contributed by atoms with van der Waals surface area (Å²) in [6, 6.07) is 22.4. The molecule has 6 nitrogen and oxygen atoms in total. The topological polar surface area (TPSA) is 73.9 Å². The van der Waals surface area contributed by atoms with Gasteiger partial charge in [0.1, 0.15) is 0 Å². The van der Waals surface area contributed by atoms with Crippen LogP contribution in [0.2, 0.25) is 0 Å². The first-order valence-corrected chi connectivity index (χ1v) is 9.46. The average Bonchev–Trinajstić information content (AvgIpc) is 3.23. The lowest BCUT2D eigenvalue weighted by atomic mass is 9.97. The second-order valence-electron chi connectivity index (χ2n) is 6.89. The third-order valence-electron chi connectivity index (χ3n) is 4.97. The van der Waals surface area contributed by atoms with Crippen LogP contribution in [0.5, 0.6) is 11.5 Å². The van der Waals surface area contributed by atoms with E-state index in [-0.39, 0.29) is 6.79 Å². The number of carbonyl (C=O) groups is 2. The van der Waals surface area contributed by atoms with E-state index >= 15 is 0 Å². The van der Waals surface area contributed by atoms with Crippen molar-refractivity contribution >= 4 is 39.1 Å². The van der Waals surface area contributed by atoms with Crippen molar-refractivity contribution in [2.24, 2.45) is 0 Å². The molecule has 0 unspecified atom stereocenters. The molecular formula is C24H17NO5. The fraction of sp³-hybridized carbons (Fsp3) is 0.0833. The Morgan fingerprint density at radius 1 is 0.833 bits per heavy atom. The van der Waals surface area contributed by atoms with Crippen molar-refractivity contribution in [3.63, 3.8) is 0 Å². The van der Waals surface area contributed by atoms with Crippen molar-refractivity contribution in [1.29, 1.82) is 0 Å². The molecule has 0 radical (unpaired) electrons. The zero-order chi connectivity index (χ0) is 20.5. The van der Waals surface area contributed by atoms with Crippen LogP contribution in [0.3, 0.4) is 0 Å². The lowest BCUT2D eigenvalue weighted by Gasteiger charge is -2.12. The van der Waals surface area contributed by atoms with E-state index in [1.807, 2.05) is 54.6 Å². The highest BCUT2D eigenvalue weighted by atomic mass is 16.7. The molecule has 1 aliphatic heterocycles. The summed E-state index contributed by atoms with van der Waals surface area (Å²) in [6.07, 6.45) is 0. The number of hydrogen-bond donors (Lipinski definition) is 1. The van der Waals surface area contributed by atoms with Gasteiger partial charge in [-0.1, -0.05) is 48.5 Å². The number of hydrogen-bond acceptors (Lipinski definition) is 5. The molecule has 1 N–H and O–H groups in total.